The van der Waals surface area contributed by atoms with Crippen molar-refractivity contribution in [2.24, 2.45) is 11.8 Å². The highest BCUT2D eigenvalue weighted by Crippen LogP contribution is 2.31. The van der Waals surface area contributed by atoms with Gasteiger partial charge < -0.3 is 0 Å². The molecule has 1 aromatic heterocycles. The van der Waals surface area contributed by atoms with Gasteiger partial charge in [0.05, 0.1) is 5.56 Å². The summed E-state index contributed by atoms with van der Waals surface area (Å²) in [5.41, 5.74) is 1.24. The van der Waals surface area contributed by atoms with Crippen molar-refractivity contribution in [2.75, 3.05) is 0 Å². The number of aryl methyl sites for hydroxylation is 1. The van der Waals surface area contributed by atoms with Gasteiger partial charge >= 0.3 is 0 Å². The Balaban J connectivity index is 1.67. The molecule has 0 bridgehead atoms. The van der Waals surface area contributed by atoms with Gasteiger partial charge in [0.2, 0.25) is 0 Å². The summed E-state index contributed by atoms with van der Waals surface area (Å²) >= 11 is 0. The maximum atomic E-state index is 14.6. The van der Waals surface area contributed by atoms with E-state index in [2.05, 4.69) is 35.7 Å². The Bertz CT molecular complexity index is 849. The summed E-state index contributed by atoms with van der Waals surface area (Å²) in [5, 5.41) is 0. The largest absolute Gasteiger partial charge is 0.236 e. The Morgan fingerprint density at radius 2 is 1.60 bits per heavy atom. The van der Waals surface area contributed by atoms with Gasteiger partial charge in [-0.25, -0.2) is 18.7 Å². The molecule has 1 aromatic carbocycles. The van der Waals surface area contributed by atoms with E-state index in [1.54, 1.807) is 12.4 Å². The van der Waals surface area contributed by atoms with Crippen LogP contribution in [0.5, 0.6) is 0 Å². The summed E-state index contributed by atoms with van der Waals surface area (Å²) in [6, 6.07) is 2.58. The third kappa shape index (κ3) is 6.11. The lowest BCUT2D eigenvalue weighted by Gasteiger charge is -2.25. The number of unbranched alkanes of at least 4 members (excludes halogenated alkanes) is 2. The molecule has 0 unspecified atom stereocenters. The van der Waals surface area contributed by atoms with Gasteiger partial charge in [-0.2, -0.15) is 0 Å². The average Bonchev–Trinajstić information content (AvgIpc) is 2.75. The van der Waals surface area contributed by atoms with Crippen molar-refractivity contribution in [3.05, 3.63) is 47.3 Å². The van der Waals surface area contributed by atoms with Gasteiger partial charge in [-0.3, -0.25) is 0 Å². The number of benzene rings is 1. The van der Waals surface area contributed by atoms with Crippen LogP contribution in [0.2, 0.25) is 0 Å². The zero-order valence-corrected chi connectivity index (χ0v) is 18.2. The maximum Gasteiger partial charge on any atom is 0.159 e. The minimum atomic E-state index is -0.646. The molecule has 1 aliphatic carbocycles. The Morgan fingerprint density at radius 1 is 0.933 bits per heavy atom. The number of hydrogen-bond donors (Lipinski definition) is 0. The minimum Gasteiger partial charge on any atom is -0.236 e. The second-order valence-electron chi connectivity index (χ2n) is 8.46. The Hall–Kier alpha value is -2.28. The molecule has 1 heterocycles. The molecule has 1 saturated carbocycles. The van der Waals surface area contributed by atoms with Crippen LogP contribution in [-0.2, 0) is 6.42 Å². The monoisotopic (exact) mass is 410 g/mol. The van der Waals surface area contributed by atoms with Crippen molar-refractivity contribution >= 4 is 0 Å². The van der Waals surface area contributed by atoms with Crippen LogP contribution in [0, 0.1) is 35.3 Å². The number of halogens is 2. The molecular weight excluding hydrogens is 378 g/mol. The predicted octanol–water partition coefficient (Wildman–Crippen LogP) is 7.11. The molecule has 0 spiro atoms. The van der Waals surface area contributed by atoms with Gasteiger partial charge in [0.15, 0.2) is 5.82 Å². The molecule has 0 saturated heterocycles. The van der Waals surface area contributed by atoms with E-state index >= 15 is 0 Å². The van der Waals surface area contributed by atoms with Crippen LogP contribution >= 0.6 is 0 Å². The van der Waals surface area contributed by atoms with E-state index in [1.807, 2.05) is 0 Å². The molecule has 0 amide bonds. The molecule has 3 rings (SSSR count). The summed E-state index contributed by atoms with van der Waals surface area (Å²) < 4.78 is 29.2. The van der Waals surface area contributed by atoms with Gasteiger partial charge in [0, 0.05) is 23.9 Å². The fourth-order valence-corrected chi connectivity index (χ4v) is 4.21. The molecule has 0 N–H and O–H groups in total. The van der Waals surface area contributed by atoms with Crippen LogP contribution in [-0.4, -0.2) is 9.97 Å². The first-order valence-electron chi connectivity index (χ1n) is 11.4. The number of rotatable bonds is 7. The molecule has 0 aliphatic heterocycles. The summed E-state index contributed by atoms with van der Waals surface area (Å²) in [6.07, 6.45) is 14.7. The zero-order valence-electron chi connectivity index (χ0n) is 18.2. The van der Waals surface area contributed by atoms with Crippen molar-refractivity contribution < 1.29 is 8.78 Å². The van der Waals surface area contributed by atoms with E-state index < -0.39 is 11.6 Å². The molecule has 0 atom stereocenters. The van der Waals surface area contributed by atoms with Crippen molar-refractivity contribution in [2.45, 2.75) is 78.1 Å². The van der Waals surface area contributed by atoms with Gasteiger partial charge in [-0.1, -0.05) is 51.4 Å². The highest BCUT2D eigenvalue weighted by atomic mass is 19.1. The summed E-state index contributed by atoms with van der Waals surface area (Å²) in [7, 11) is 0. The Labute approximate surface area is 179 Å². The lowest BCUT2D eigenvalue weighted by Crippen LogP contribution is -2.13. The van der Waals surface area contributed by atoms with E-state index in [1.165, 1.54) is 44.2 Å². The molecule has 2 nitrogen and oxygen atoms in total. The molecule has 1 aliphatic rings. The van der Waals surface area contributed by atoms with Crippen LogP contribution in [0.3, 0.4) is 0 Å². The van der Waals surface area contributed by atoms with Gasteiger partial charge in [0.1, 0.15) is 11.6 Å². The Kier molecular flexibility index (Phi) is 8.37. The van der Waals surface area contributed by atoms with Crippen LogP contribution in [0.15, 0.2) is 24.5 Å². The smallest absolute Gasteiger partial charge is 0.159 e. The SMILES string of the molecule is CCCCCc1cnc(-c2cc(F)c(C#CC3CCC(CCC)CC3)c(F)c2)nc1. The van der Waals surface area contributed by atoms with Crippen molar-refractivity contribution in [3.63, 3.8) is 0 Å². The summed E-state index contributed by atoms with van der Waals surface area (Å²) in [4.78, 5) is 8.60. The van der Waals surface area contributed by atoms with Gasteiger partial charge in [-0.05, 0) is 62.1 Å². The fraction of sp³-hybridized carbons (Fsp3) is 0.538. The second-order valence-corrected chi connectivity index (χ2v) is 8.46. The predicted molar refractivity (Wildman–Crippen MR) is 118 cm³/mol. The van der Waals surface area contributed by atoms with Crippen molar-refractivity contribution in [1.29, 1.82) is 0 Å². The molecule has 30 heavy (non-hydrogen) atoms. The minimum absolute atomic E-state index is 0.148. The van der Waals surface area contributed by atoms with E-state index in [-0.39, 0.29) is 11.5 Å². The molecule has 2 aromatic rings. The third-order valence-corrected chi connectivity index (χ3v) is 6.02. The van der Waals surface area contributed by atoms with Crippen molar-refractivity contribution in [1.82, 2.24) is 9.97 Å². The van der Waals surface area contributed by atoms with Crippen LogP contribution in [0.4, 0.5) is 8.78 Å². The lowest BCUT2D eigenvalue weighted by atomic mass is 9.80. The topological polar surface area (TPSA) is 25.8 Å². The van der Waals surface area contributed by atoms with E-state index in [0.29, 0.717) is 11.4 Å². The first-order valence-corrected chi connectivity index (χ1v) is 11.4. The maximum absolute atomic E-state index is 14.6. The fourth-order valence-electron chi connectivity index (χ4n) is 4.21. The normalized spacial score (nSPS) is 18.7. The van der Waals surface area contributed by atoms with Crippen LogP contribution < -0.4 is 0 Å². The van der Waals surface area contributed by atoms with E-state index in [9.17, 15) is 8.78 Å². The van der Waals surface area contributed by atoms with Gasteiger partial charge in [0.25, 0.3) is 0 Å². The second kappa shape index (κ2) is 11.2. The van der Waals surface area contributed by atoms with Crippen LogP contribution in [0.25, 0.3) is 11.4 Å². The highest BCUT2D eigenvalue weighted by molar-refractivity contribution is 5.57. The molecule has 160 valence electrons. The van der Waals surface area contributed by atoms with Gasteiger partial charge in [-0.15, -0.1) is 0 Å². The number of aromatic nitrogens is 2. The molecule has 0 radical (unpaired) electrons. The summed E-state index contributed by atoms with van der Waals surface area (Å²) in [6.45, 7) is 4.38. The summed E-state index contributed by atoms with van der Waals surface area (Å²) in [5.74, 6) is 5.96. The molecule has 1 fully saturated rings. The standard InChI is InChI=1S/C26H32F2N2/c1-3-5-6-8-21-17-29-26(30-18-21)22-15-24(27)23(25(28)16-22)14-13-20-11-9-19(7-4-2)10-12-20/h15-20H,3-12H2,1-2H3. The zero-order chi connectivity index (χ0) is 21.3. The highest BCUT2D eigenvalue weighted by Gasteiger charge is 2.19. The average molecular weight is 411 g/mol. The van der Waals surface area contributed by atoms with Crippen LogP contribution in [0.1, 0.15) is 82.8 Å². The Morgan fingerprint density at radius 3 is 2.20 bits per heavy atom. The molecular formula is C26H32F2N2. The lowest BCUT2D eigenvalue weighted by molar-refractivity contribution is 0.300. The number of nitrogens with zero attached hydrogens (tertiary/aromatic N) is 2. The third-order valence-electron chi connectivity index (χ3n) is 6.02. The first-order chi connectivity index (χ1) is 14.6. The van der Waals surface area contributed by atoms with E-state index in [0.717, 1.165) is 43.6 Å². The first kappa shape index (κ1) is 22.4. The molecule has 4 heteroatoms. The van der Waals surface area contributed by atoms with E-state index in [4.69, 9.17) is 0 Å². The van der Waals surface area contributed by atoms with Crippen molar-refractivity contribution in [3.8, 4) is 23.2 Å². The quantitative estimate of drug-likeness (QED) is 0.359. The number of hydrogen-bond acceptors (Lipinski definition) is 2.